The van der Waals surface area contributed by atoms with Crippen LogP contribution >= 0.6 is 0 Å². The van der Waals surface area contributed by atoms with Crippen molar-refractivity contribution in [3.63, 3.8) is 0 Å². The van der Waals surface area contributed by atoms with Crippen LogP contribution in [-0.4, -0.2) is 0 Å². The first kappa shape index (κ1) is 23.8. The fourth-order valence-electron chi connectivity index (χ4n) is 6.66. The molecule has 0 aliphatic heterocycles. The van der Waals surface area contributed by atoms with E-state index in [9.17, 15) is 5.26 Å². The molecule has 0 heterocycles. The van der Waals surface area contributed by atoms with Gasteiger partial charge in [0, 0.05) is 0 Å². The Labute approximate surface area is 177 Å². The second-order valence-corrected chi connectivity index (χ2v) is 10.4. The molecule has 1 nitrogen and oxygen atoms in total. The summed E-state index contributed by atoms with van der Waals surface area (Å²) in [5, 5.41) is 10.2. The lowest BCUT2D eigenvalue weighted by molar-refractivity contribution is 0.0437. The minimum absolute atomic E-state index is 0.00891. The topological polar surface area (TPSA) is 23.8 Å². The highest BCUT2D eigenvalue weighted by molar-refractivity contribution is 5.05. The van der Waals surface area contributed by atoms with Crippen molar-refractivity contribution in [1.82, 2.24) is 0 Å². The van der Waals surface area contributed by atoms with Crippen molar-refractivity contribution in [2.45, 2.75) is 136 Å². The summed E-state index contributed by atoms with van der Waals surface area (Å²) >= 11 is 0. The molecule has 0 spiro atoms. The van der Waals surface area contributed by atoms with Gasteiger partial charge in [-0.1, -0.05) is 91.4 Å². The molecule has 0 aromatic carbocycles. The molecular formula is C27H49N. The molecule has 0 aromatic rings. The average molecular weight is 388 g/mol. The van der Waals surface area contributed by atoms with E-state index in [2.05, 4.69) is 26.8 Å². The highest BCUT2D eigenvalue weighted by Gasteiger charge is 2.44. The zero-order valence-corrected chi connectivity index (χ0v) is 19.5. The van der Waals surface area contributed by atoms with Crippen molar-refractivity contribution in [3.05, 3.63) is 0 Å². The molecule has 0 saturated heterocycles. The lowest BCUT2D eigenvalue weighted by Crippen LogP contribution is -2.38. The first-order valence-corrected chi connectivity index (χ1v) is 13.1. The van der Waals surface area contributed by atoms with Gasteiger partial charge in [0.15, 0.2) is 0 Å². The van der Waals surface area contributed by atoms with Crippen LogP contribution in [0.4, 0.5) is 0 Å². The summed E-state index contributed by atoms with van der Waals surface area (Å²) in [7, 11) is 0. The molecule has 2 aliphatic rings. The van der Waals surface area contributed by atoms with E-state index < -0.39 is 0 Å². The molecule has 5 atom stereocenters. The smallest absolute Gasteiger partial charge is 0.0692 e. The maximum Gasteiger partial charge on any atom is 0.0692 e. The van der Waals surface area contributed by atoms with Gasteiger partial charge in [0.2, 0.25) is 0 Å². The lowest BCUT2D eigenvalue weighted by Gasteiger charge is -2.47. The van der Waals surface area contributed by atoms with Crippen molar-refractivity contribution in [2.24, 2.45) is 29.1 Å². The molecule has 162 valence electrons. The van der Waals surface area contributed by atoms with Crippen LogP contribution in [0.1, 0.15) is 136 Å². The van der Waals surface area contributed by atoms with Crippen LogP contribution in [-0.2, 0) is 0 Å². The summed E-state index contributed by atoms with van der Waals surface area (Å²) in [6.45, 7) is 6.87. The average Bonchev–Trinajstić information content (AvgIpc) is 2.72. The van der Waals surface area contributed by atoms with Gasteiger partial charge in [-0.15, -0.1) is 0 Å². The van der Waals surface area contributed by atoms with E-state index in [4.69, 9.17) is 0 Å². The van der Waals surface area contributed by atoms with E-state index in [1.165, 1.54) is 103 Å². The van der Waals surface area contributed by atoms with Gasteiger partial charge in [-0.05, 0) is 68.6 Å². The summed E-state index contributed by atoms with van der Waals surface area (Å²) < 4.78 is 0. The molecule has 2 fully saturated rings. The monoisotopic (exact) mass is 387 g/mol. The van der Waals surface area contributed by atoms with E-state index in [-0.39, 0.29) is 5.41 Å². The van der Waals surface area contributed by atoms with Gasteiger partial charge in [-0.3, -0.25) is 0 Å². The number of unbranched alkanes of at least 4 members (excludes halogenated alkanes) is 6. The van der Waals surface area contributed by atoms with E-state index in [1.54, 1.807) is 0 Å². The van der Waals surface area contributed by atoms with Crippen molar-refractivity contribution in [1.29, 1.82) is 5.26 Å². The van der Waals surface area contributed by atoms with Crippen LogP contribution in [0.25, 0.3) is 0 Å². The molecule has 0 amide bonds. The Bertz CT molecular complexity index is 450. The number of fused-ring (bicyclic) bond motifs is 1. The van der Waals surface area contributed by atoms with Crippen LogP contribution < -0.4 is 0 Å². The second-order valence-electron chi connectivity index (χ2n) is 10.4. The van der Waals surface area contributed by atoms with Gasteiger partial charge in [0.25, 0.3) is 0 Å². The standard InChI is InChI=1S/C27H49N/c1-4-7-9-10-11-13-23-14-15-25-21-26(17-16-24(25)20-23)27(22-28,18-6-3)19-12-8-5-2/h23-26H,4-21H2,1-3H3/t23-,24-,25-,26+,27?/m0/s1. The molecule has 1 heteroatoms. The van der Waals surface area contributed by atoms with Gasteiger partial charge in [-0.25, -0.2) is 0 Å². The van der Waals surface area contributed by atoms with E-state index in [1.807, 2.05) is 0 Å². The van der Waals surface area contributed by atoms with Crippen LogP contribution in [0.15, 0.2) is 0 Å². The molecule has 0 bridgehead atoms. The van der Waals surface area contributed by atoms with E-state index in [0.29, 0.717) is 5.92 Å². The minimum atomic E-state index is -0.00891. The molecule has 2 saturated carbocycles. The van der Waals surface area contributed by atoms with Crippen LogP contribution in [0.2, 0.25) is 0 Å². The Hall–Kier alpha value is -0.510. The Morgan fingerprint density at radius 2 is 1.39 bits per heavy atom. The quantitative estimate of drug-likeness (QED) is 0.289. The molecule has 28 heavy (non-hydrogen) atoms. The van der Waals surface area contributed by atoms with Gasteiger partial charge in [0.05, 0.1) is 11.5 Å². The van der Waals surface area contributed by atoms with Gasteiger partial charge < -0.3 is 0 Å². The third-order valence-corrected chi connectivity index (χ3v) is 8.36. The maximum absolute atomic E-state index is 10.2. The highest BCUT2D eigenvalue weighted by atomic mass is 14.5. The number of nitrogens with zero attached hydrogens (tertiary/aromatic N) is 1. The van der Waals surface area contributed by atoms with Crippen LogP contribution in [0.5, 0.6) is 0 Å². The van der Waals surface area contributed by atoms with Crippen molar-refractivity contribution in [2.75, 3.05) is 0 Å². The zero-order chi connectivity index (χ0) is 20.2. The normalized spacial score (nSPS) is 29.6. The SMILES string of the molecule is CCCCCCC[C@H]1CC[C@H]2C[C@H](C(C#N)(CCC)CCCCC)CC[C@H]2C1. The van der Waals surface area contributed by atoms with Gasteiger partial charge in [-0.2, -0.15) is 5.26 Å². The molecule has 2 aliphatic carbocycles. The lowest BCUT2D eigenvalue weighted by atomic mass is 9.57. The predicted octanol–water partition coefficient (Wildman–Crippen LogP) is 9.07. The van der Waals surface area contributed by atoms with E-state index >= 15 is 0 Å². The number of nitriles is 1. The Kier molecular flexibility index (Phi) is 11.0. The van der Waals surface area contributed by atoms with E-state index in [0.717, 1.165) is 30.6 Å². The Balaban J connectivity index is 1.84. The molecule has 2 rings (SSSR count). The Morgan fingerprint density at radius 3 is 2.11 bits per heavy atom. The summed E-state index contributed by atoms with van der Waals surface area (Å²) in [5.74, 6) is 3.62. The van der Waals surface area contributed by atoms with Crippen LogP contribution in [0, 0.1) is 40.4 Å². The molecule has 0 aromatic heterocycles. The summed E-state index contributed by atoms with van der Waals surface area (Å²) in [6.07, 6.45) is 24.5. The number of hydrogen-bond acceptors (Lipinski definition) is 1. The summed E-state index contributed by atoms with van der Waals surface area (Å²) in [5.41, 5.74) is -0.00891. The fourth-order valence-corrected chi connectivity index (χ4v) is 6.66. The van der Waals surface area contributed by atoms with Gasteiger partial charge >= 0.3 is 0 Å². The predicted molar refractivity (Wildman–Crippen MR) is 122 cm³/mol. The first-order chi connectivity index (χ1) is 13.7. The minimum Gasteiger partial charge on any atom is -0.198 e. The number of hydrogen-bond donors (Lipinski definition) is 0. The Morgan fingerprint density at radius 1 is 0.714 bits per heavy atom. The molecule has 0 radical (unpaired) electrons. The van der Waals surface area contributed by atoms with Crippen LogP contribution in [0.3, 0.4) is 0 Å². The second kappa shape index (κ2) is 12.9. The molecule has 1 unspecified atom stereocenters. The summed E-state index contributed by atoms with van der Waals surface area (Å²) in [6, 6.07) is 2.89. The largest absolute Gasteiger partial charge is 0.198 e. The van der Waals surface area contributed by atoms with Crippen molar-refractivity contribution >= 4 is 0 Å². The maximum atomic E-state index is 10.2. The van der Waals surface area contributed by atoms with Gasteiger partial charge in [0.1, 0.15) is 0 Å². The molecule has 0 N–H and O–H groups in total. The highest BCUT2D eigenvalue weighted by Crippen LogP contribution is 2.52. The first-order valence-electron chi connectivity index (χ1n) is 13.1. The van der Waals surface area contributed by atoms with Crippen molar-refractivity contribution < 1.29 is 0 Å². The van der Waals surface area contributed by atoms with Crippen molar-refractivity contribution in [3.8, 4) is 6.07 Å². The fraction of sp³-hybridized carbons (Fsp3) is 0.963. The zero-order valence-electron chi connectivity index (χ0n) is 19.5. The number of rotatable bonds is 13. The third kappa shape index (κ3) is 6.78. The third-order valence-electron chi connectivity index (χ3n) is 8.36. The molecular weight excluding hydrogens is 338 g/mol. The summed E-state index contributed by atoms with van der Waals surface area (Å²) in [4.78, 5) is 0.